The molecular weight excluding hydrogens is 508 g/mol. The Labute approximate surface area is 232 Å². The molecule has 0 amide bonds. The number of carbonyl (C=O) groups is 4. The lowest BCUT2D eigenvalue weighted by atomic mass is 9.54. The molecule has 0 aromatic carbocycles. The van der Waals surface area contributed by atoms with Crippen molar-refractivity contribution in [3.05, 3.63) is 93.2 Å². The quantitative estimate of drug-likeness (QED) is 0.289. The predicted molar refractivity (Wildman–Crippen MR) is 144 cm³/mol. The largest absolute Gasteiger partial charge is 0.468 e. The summed E-state index contributed by atoms with van der Waals surface area (Å²) < 4.78 is 10.1. The summed E-state index contributed by atoms with van der Waals surface area (Å²) in [5, 5.41) is 21.2. The van der Waals surface area contributed by atoms with Gasteiger partial charge in [-0.3, -0.25) is 14.4 Å². The summed E-state index contributed by atoms with van der Waals surface area (Å²) in [5.41, 5.74) is -4.49. The first kappa shape index (κ1) is 28.2. The molecule has 4 aliphatic rings. The van der Waals surface area contributed by atoms with Crippen LogP contribution < -0.4 is 0 Å². The average Bonchev–Trinajstić information content (AvgIpc) is 3.12. The predicted octanol–water partition coefficient (Wildman–Crippen LogP) is 4.27. The normalized spacial score (nSPS) is 25.4. The molecule has 0 aromatic rings. The zero-order chi connectivity index (χ0) is 29.6. The van der Waals surface area contributed by atoms with Gasteiger partial charge >= 0.3 is 11.9 Å². The number of fused-ring (bicyclic) bond motifs is 2. The third-order valence-electron chi connectivity index (χ3n) is 7.84. The molecule has 0 radical (unpaired) electrons. The Kier molecular flexibility index (Phi) is 7.09. The van der Waals surface area contributed by atoms with Crippen LogP contribution >= 0.6 is 0 Å². The number of rotatable bonds is 5. The van der Waals surface area contributed by atoms with Gasteiger partial charge in [-0.15, -0.1) is 0 Å². The molecule has 0 fully saturated rings. The molecule has 202 valence electrons. The van der Waals surface area contributed by atoms with Crippen LogP contribution in [0.5, 0.6) is 0 Å². The third kappa shape index (κ3) is 3.49. The topological polar surface area (TPSA) is 134 Å². The second-order valence-electron chi connectivity index (χ2n) is 10.4. The molecule has 0 N–H and O–H groups in total. The summed E-state index contributed by atoms with van der Waals surface area (Å²) in [4.78, 5) is 56.2. The van der Waals surface area contributed by atoms with Gasteiger partial charge in [-0.2, -0.15) is 10.5 Å². The van der Waals surface area contributed by atoms with E-state index in [9.17, 15) is 29.7 Å². The zero-order valence-electron chi connectivity index (χ0n) is 23.1. The molecule has 0 saturated carbocycles. The molecule has 4 rings (SSSR count). The SMILES string of the molecule is COC(=O)C1=C2C=CC=C(C(C)C)C=C2[C@@](C#N)([C@@]2(C(=O)OC)C(=O)C(C#N)=C3C=CC=C(C(C)C)C=C32)C1=O. The molecule has 8 heteroatoms. The van der Waals surface area contributed by atoms with Gasteiger partial charge in [0.05, 0.1) is 20.3 Å². The molecule has 0 aromatic heterocycles. The average molecular weight is 537 g/mol. The standard InChI is InChI=1S/C32H28N2O6/c1-17(2)19-10-8-12-22-24(13-19)31(16-34,28(36)26(22)29(37)39-5)32(30(38)40-6)25-14-20(18(3)4)9-7-11-21(25)23(15-33)27(32)35/h7-14,17-18H,1-6H3/t31-,32-/m1/s1. The van der Waals surface area contributed by atoms with Gasteiger partial charge in [-0.05, 0) is 39.7 Å². The Bertz CT molecular complexity index is 1610. The minimum atomic E-state index is -2.62. The number of carbonyl (C=O) groups excluding carboxylic acids is 4. The highest BCUT2D eigenvalue weighted by atomic mass is 16.5. The fraction of sp³-hybridized carbons (Fsp3) is 0.312. The Balaban J connectivity index is 2.25. The van der Waals surface area contributed by atoms with Crippen molar-refractivity contribution in [1.82, 2.24) is 0 Å². The first-order valence-corrected chi connectivity index (χ1v) is 12.8. The Morgan fingerprint density at radius 1 is 0.825 bits per heavy atom. The Hall–Kier alpha value is -4.82. The first-order valence-electron chi connectivity index (χ1n) is 12.8. The van der Waals surface area contributed by atoms with E-state index in [4.69, 9.17) is 9.47 Å². The smallest absolute Gasteiger partial charge is 0.342 e. The van der Waals surface area contributed by atoms with Crippen LogP contribution in [0.2, 0.25) is 0 Å². The molecule has 8 nitrogen and oxygen atoms in total. The number of hydrogen-bond acceptors (Lipinski definition) is 8. The van der Waals surface area contributed by atoms with Crippen LogP contribution in [0.1, 0.15) is 27.7 Å². The number of hydrogen-bond donors (Lipinski definition) is 0. The number of ether oxygens (including phenoxy) is 2. The van der Waals surface area contributed by atoms with E-state index in [1.165, 1.54) is 12.2 Å². The Morgan fingerprint density at radius 3 is 1.85 bits per heavy atom. The van der Waals surface area contributed by atoms with Crippen molar-refractivity contribution >= 4 is 23.5 Å². The Morgan fingerprint density at radius 2 is 1.38 bits per heavy atom. The van der Waals surface area contributed by atoms with Gasteiger partial charge in [-0.25, -0.2) is 4.79 Å². The molecule has 40 heavy (non-hydrogen) atoms. The minimum absolute atomic E-state index is 0.000770. The van der Waals surface area contributed by atoms with E-state index in [0.717, 1.165) is 14.2 Å². The van der Waals surface area contributed by atoms with E-state index in [2.05, 4.69) is 0 Å². The van der Waals surface area contributed by atoms with Crippen molar-refractivity contribution in [3.63, 3.8) is 0 Å². The number of allylic oxidation sites excluding steroid dienone is 14. The summed E-state index contributed by atoms with van der Waals surface area (Å²) in [6.07, 6.45) is 13.0. The molecule has 0 spiro atoms. The van der Waals surface area contributed by atoms with Gasteiger partial charge in [-0.1, -0.05) is 76.3 Å². The second-order valence-corrected chi connectivity index (χ2v) is 10.4. The fourth-order valence-corrected chi connectivity index (χ4v) is 5.78. The van der Waals surface area contributed by atoms with Crippen LogP contribution in [-0.4, -0.2) is 37.7 Å². The summed E-state index contributed by atoms with van der Waals surface area (Å²) >= 11 is 0. The maximum absolute atomic E-state index is 14.5. The first-order chi connectivity index (χ1) is 19.0. The van der Waals surface area contributed by atoms with Crippen LogP contribution in [-0.2, 0) is 28.7 Å². The molecule has 0 bridgehead atoms. The van der Waals surface area contributed by atoms with Crippen LogP contribution in [0.25, 0.3) is 0 Å². The van der Waals surface area contributed by atoms with Crippen LogP contribution in [0.15, 0.2) is 93.2 Å². The highest BCUT2D eigenvalue weighted by Gasteiger charge is 2.76. The maximum Gasteiger partial charge on any atom is 0.342 e. The summed E-state index contributed by atoms with van der Waals surface area (Å²) in [5.74, 6) is -4.48. The molecular formula is C32H28N2O6. The van der Waals surface area contributed by atoms with Crippen molar-refractivity contribution < 1.29 is 28.7 Å². The molecule has 0 aliphatic heterocycles. The van der Waals surface area contributed by atoms with Crippen LogP contribution in [0.3, 0.4) is 0 Å². The lowest BCUT2D eigenvalue weighted by Crippen LogP contribution is -2.56. The fourth-order valence-electron chi connectivity index (χ4n) is 5.78. The summed E-state index contributed by atoms with van der Waals surface area (Å²) in [7, 11) is 2.15. The van der Waals surface area contributed by atoms with E-state index in [0.29, 0.717) is 11.1 Å². The van der Waals surface area contributed by atoms with Gasteiger partial charge in [0.2, 0.25) is 0 Å². The van der Waals surface area contributed by atoms with E-state index < -0.39 is 39.9 Å². The van der Waals surface area contributed by atoms with E-state index in [-0.39, 0.29) is 39.7 Å². The number of methoxy groups -OCH3 is 2. The van der Waals surface area contributed by atoms with Gasteiger partial charge in [0, 0.05) is 5.57 Å². The van der Waals surface area contributed by atoms with E-state index in [1.54, 1.807) is 36.5 Å². The second kappa shape index (κ2) is 10.1. The number of nitrogens with zero attached hydrogens (tertiary/aromatic N) is 2. The van der Waals surface area contributed by atoms with Gasteiger partial charge in [0.15, 0.2) is 22.4 Å². The van der Waals surface area contributed by atoms with E-state index in [1.807, 2.05) is 39.8 Å². The van der Waals surface area contributed by atoms with Crippen molar-refractivity contribution in [2.75, 3.05) is 14.2 Å². The van der Waals surface area contributed by atoms with Crippen molar-refractivity contribution in [2.45, 2.75) is 27.7 Å². The van der Waals surface area contributed by atoms with Gasteiger partial charge < -0.3 is 9.47 Å². The number of ketones is 2. The molecule has 0 saturated heterocycles. The number of esters is 2. The van der Waals surface area contributed by atoms with Crippen molar-refractivity contribution in [3.8, 4) is 12.1 Å². The van der Waals surface area contributed by atoms with Crippen LogP contribution in [0, 0.1) is 45.3 Å². The monoisotopic (exact) mass is 536 g/mol. The van der Waals surface area contributed by atoms with E-state index >= 15 is 0 Å². The van der Waals surface area contributed by atoms with Crippen LogP contribution in [0.4, 0.5) is 0 Å². The molecule has 2 atom stereocenters. The summed E-state index contributed by atoms with van der Waals surface area (Å²) in [6.45, 7) is 7.61. The number of Topliss-reactive ketones (excluding diaryl/α,β-unsaturated/α-hetero) is 2. The lowest BCUT2D eigenvalue weighted by Gasteiger charge is -2.40. The third-order valence-corrected chi connectivity index (χ3v) is 7.84. The number of nitriles is 2. The van der Waals surface area contributed by atoms with Gasteiger partial charge in [0.1, 0.15) is 17.2 Å². The zero-order valence-corrected chi connectivity index (χ0v) is 23.1. The lowest BCUT2D eigenvalue weighted by molar-refractivity contribution is -0.161. The highest BCUT2D eigenvalue weighted by Crippen LogP contribution is 2.64. The molecule has 0 unspecified atom stereocenters. The maximum atomic E-state index is 14.5. The van der Waals surface area contributed by atoms with Crippen molar-refractivity contribution in [1.29, 1.82) is 10.5 Å². The minimum Gasteiger partial charge on any atom is -0.468 e. The molecule has 0 heterocycles. The van der Waals surface area contributed by atoms with Gasteiger partial charge in [0.25, 0.3) is 0 Å². The van der Waals surface area contributed by atoms with Crippen molar-refractivity contribution in [2.24, 2.45) is 22.7 Å². The summed E-state index contributed by atoms with van der Waals surface area (Å²) in [6, 6.07) is 3.91. The molecule has 4 aliphatic carbocycles. The highest BCUT2D eigenvalue weighted by molar-refractivity contribution is 6.33.